The number of hydrogen-bond donors (Lipinski definition) is 2. The van der Waals surface area contributed by atoms with Gasteiger partial charge in [-0.15, -0.1) is 0 Å². The molecule has 0 unspecified atom stereocenters. The quantitative estimate of drug-likeness (QED) is 0.512. The maximum atomic E-state index is 11.8. The van der Waals surface area contributed by atoms with E-state index in [0.717, 1.165) is 11.1 Å². The Morgan fingerprint density at radius 1 is 1.04 bits per heavy atom. The molecule has 122 valence electrons. The van der Waals surface area contributed by atoms with Crippen LogP contribution in [-0.4, -0.2) is 16.7 Å². The van der Waals surface area contributed by atoms with Crippen molar-refractivity contribution < 1.29 is 14.5 Å². The number of aryl methyl sites for hydroxylation is 1. The van der Waals surface area contributed by atoms with Crippen LogP contribution in [0.5, 0.6) is 0 Å². The summed E-state index contributed by atoms with van der Waals surface area (Å²) in [7, 11) is 0. The number of nitro groups is 1. The number of carbonyl (C=O) groups is 2. The highest BCUT2D eigenvalue weighted by atomic mass is 16.6. The first kappa shape index (κ1) is 16.9. The van der Waals surface area contributed by atoms with Crippen LogP contribution in [0.25, 0.3) is 6.08 Å². The van der Waals surface area contributed by atoms with E-state index in [9.17, 15) is 19.7 Å². The third-order valence-electron chi connectivity index (χ3n) is 3.24. The van der Waals surface area contributed by atoms with Gasteiger partial charge in [-0.1, -0.05) is 24.3 Å². The summed E-state index contributed by atoms with van der Waals surface area (Å²) in [6.07, 6.45) is 2.95. The van der Waals surface area contributed by atoms with Crippen molar-refractivity contribution in [1.29, 1.82) is 0 Å². The molecule has 0 saturated heterocycles. The number of hydrazine groups is 1. The maximum absolute atomic E-state index is 11.8. The third-order valence-corrected chi connectivity index (χ3v) is 3.24. The first-order valence-electron chi connectivity index (χ1n) is 7.06. The minimum absolute atomic E-state index is 0.114. The van der Waals surface area contributed by atoms with Crippen molar-refractivity contribution in [3.8, 4) is 0 Å². The molecule has 2 amide bonds. The zero-order valence-corrected chi connectivity index (χ0v) is 12.9. The minimum atomic E-state index is -0.567. The van der Waals surface area contributed by atoms with Crippen LogP contribution in [0.1, 0.15) is 21.5 Å². The molecule has 2 rings (SSSR count). The molecular formula is C17H15N3O4. The molecule has 24 heavy (non-hydrogen) atoms. The lowest BCUT2D eigenvalue weighted by molar-refractivity contribution is -0.384. The highest BCUT2D eigenvalue weighted by molar-refractivity contribution is 5.98. The van der Waals surface area contributed by atoms with Crippen LogP contribution in [0.15, 0.2) is 54.6 Å². The molecule has 0 atom stereocenters. The highest BCUT2D eigenvalue weighted by Crippen LogP contribution is 2.11. The number of hydrogen-bond acceptors (Lipinski definition) is 4. The van der Waals surface area contributed by atoms with E-state index < -0.39 is 16.7 Å². The monoisotopic (exact) mass is 325 g/mol. The molecule has 0 spiro atoms. The fourth-order valence-electron chi connectivity index (χ4n) is 1.91. The van der Waals surface area contributed by atoms with Gasteiger partial charge in [0.15, 0.2) is 0 Å². The van der Waals surface area contributed by atoms with Gasteiger partial charge in [0.2, 0.25) is 0 Å². The molecule has 7 nitrogen and oxygen atoms in total. The Bertz CT molecular complexity index is 798. The van der Waals surface area contributed by atoms with Gasteiger partial charge in [-0.05, 0) is 36.3 Å². The summed E-state index contributed by atoms with van der Waals surface area (Å²) in [5.41, 5.74) is 6.49. The second-order valence-electron chi connectivity index (χ2n) is 4.94. The normalized spacial score (nSPS) is 10.4. The second-order valence-corrected chi connectivity index (χ2v) is 4.94. The van der Waals surface area contributed by atoms with Gasteiger partial charge in [-0.3, -0.25) is 30.6 Å². The van der Waals surface area contributed by atoms with E-state index in [1.807, 2.05) is 31.2 Å². The van der Waals surface area contributed by atoms with Crippen LogP contribution in [0.3, 0.4) is 0 Å². The fraction of sp³-hybridized carbons (Fsp3) is 0.0588. The predicted octanol–water partition coefficient (Wildman–Crippen LogP) is 2.38. The van der Waals surface area contributed by atoms with Crippen LogP contribution in [0.4, 0.5) is 5.69 Å². The van der Waals surface area contributed by atoms with Crippen molar-refractivity contribution in [3.63, 3.8) is 0 Å². The van der Waals surface area contributed by atoms with Gasteiger partial charge in [-0.25, -0.2) is 0 Å². The smallest absolute Gasteiger partial charge is 0.268 e. The number of rotatable bonds is 4. The molecule has 0 aromatic heterocycles. The van der Waals surface area contributed by atoms with Crippen molar-refractivity contribution in [1.82, 2.24) is 10.9 Å². The lowest BCUT2D eigenvalue weighted by Gasteiger charge is -2.05. The molecule has 0 heterocycles. The van der Waals surface area contributed by atoms with Crippen molar-refractivity contribution in [2.45, 2.75) is 6.92 Å². The molecule has 0 aliphatic heterocycles. The van der Waals surface area contributed by atoms with E-state index in [1.54, 1.807) is 6.08 Å². The van der Waals surface area contributed by atoms with Gasteiger partial charge in [-0.2, -0.15) is 0 Å². The molecule has 0 radical (unpaired) electrons. The van der Waals surface area contributed by atoms with E-state index >= 15 is 0 Å². The molecular weight excluding hydrogens is 310 g/mol. The molecule has 0 fully saturated rings. The first-order chi connectivity index (χ1) is 11.5. The third kappa shape index (κ3) is 4.51. The van der Waals surface area contributed by atoms with Gasteiger partial charge in [0.05, 0.1) is 4.92 Å². The Morgan fingerprint density at radius 3 is 2.33 bits per heavy atom. The van der Waals surface area contributed by atoms with Crippen LogP contribution in [0, 0.1) is 17.0 Å². The molecule has 7 heteroatoms. The van der Waals surface area contributed by atoms with E-state index in [1.165, 1.54) is 30.3 Å². The van der Waals surface area contributed by atoms with Gasteiger partial charge in [0.25, 0.3) is 17.5 Å². The summed E-state index contributed by atoms with van der Waals surface area (Å²) in [4.78, 5) is 33.5. The van der Waals surface area contributed by atoms with Gasteiger partial charge >= 0.3 is 0 Å². The lowest BCUT2D eigenvalue weighted by atomic mass is 10.1. The summed E-state index contributed by atoms with van der Waals surface area (Å²) in [6.45, 7) is 1.92. The number of benzene rings is 2. The Kier molecular flexibility index (Phi) is 5.40. The first-order valence-corrected chi connectivity index (χ1v) is 7.06. The molecule has 2 aromatic carbocycles. The zero-order valence-electron chi connectivity index (χ0n) is 12.9. The number of nitro benzene ring substituents is 1. The van der Waals surface area contributed by atoms with E-state index in [-0.39, 0.29) is 11.3 Å². The Labute approximate surface area is 138 Å². The number of amides is 2. The summed E-state index contributed by atoms with van der Waals surface area (Å²) in [5.74, 6) is -1.06. The predicted molar refractivity (Wildman–Crippen MR) is 88.9 cm³/mol. The lowest BCUT2D eigenvalue weighted by Crippen LogP contribution is -2.40. The summed E-state index contributed by atoms with van der Waals surface area (Å²) in [5, 5.41) is 10.6. The van der Waals surface area contributed by atoms with Gasteiger partial charge < -0.3 is 0 Å². The van der Waals surface area contributed by atoms with Gasteiger partial charge in [0, 0.05) is 23.8 Å². The van der Waals surface area contributed by atoms with Crippen molar-refractivity contribution in [3.05, 3.63) is 81.4 Å². The Morgan fingerprint density at radius 2 is 1.71 bits per heavy atom. The molecule has 2 aromatic rings. The van der Waals surface area contributed by atoms with Gasteiger partial charge in [0.1, 0.15) is 0 Å². The standard InChI is InChI=1S/C17H15N3O4/c1-12-4-2-3-5-13(12)8-11-16(21)18-19-17(22)14-6-9-15(10-7-14)20(23)24/h2-11H,1H3,(H,18,21)(H,19,22)/b11-8+. The Hall–Kier alpha value is -3.48. The van der Waals surface area contributed by atoms with Crippen LogP contribution < -0.4 is 10.9 Å². The van der Waals surface area contributed by atoms with E-state index in [0.29, 0.717) is 0 Å². The zero-order chi connectivity index (χ0) is 17.5. The minimum Gasteiger partial charge on any atom is -0.268 e. The molecule has 0 aliphatic rings. The summed E-state index contributed by atoms with van der Waals surface area (Å²) < 4.78 is 0. The number of nitrogens with zero attached hydrogens (tertiary/aromatic N) is 1. The second kappa shape index (κ2) is 7.68. The van der Waals surface area contributed by atoms with Crippen molar-refractivity contribution in [2.75, 3.05) is 0 Å². The molecule has 0 saturated carbocycles. The highest BCUT2D eigenvalue weighted by Gasteiger charge is 2.09. The van der Waals surface area contributed by atoms with Crippen molar-refractivity contribution in [2.24, 2.45) is 0 Å². The average molecular weight is 325 g/mol. The average Bonchev–Trinajstić information content (AvgIpc) is 2.59. The van der Waals surface area contributed by atoms with Crippen LogP contribution >= 0.6 is 0 Å². The molecule has 2 N–H and O–H groups in total. The summed E-state index contributed by atoms with van der Waals surface area (Å²) >= 11 is 0. The Balaban J connectivity index is 1.90. The fourth-order valence-corrected chi connectivity index (χ4v) is 1.91. The number of carbonyl (C=O) groups excluding carboxylic acids is 2. The van der Waals surface area contributed by atoms with Crippen molar-refractivity contribution >= 4 is 23.6 Å². The van der Waals surface area contributed by atoms with Crippen LogP contribution in [-0.2, 0) is 4.79 Å². The SMILES string of the molecule is Cc1ccccc1/C=C/C(=O)NNC(=O)c1ccc([N+](=O)[O-])cc1. The molecule has 0 aliphatic carbocycles. The van der Waals surface area contributed by atoms with E-state index in [4.69, 9.17) is 0 Å². The number of nitrogens with one attached hydrogen (secondary N) is 2. The number of non-ortho nitro benzene ring substituents is 1. The van der Waals surface area contributed by atoms with E-state index in [2.05, 4.69) is 10.9 Å². The molecule has 0 bridgehead atoms. The largest absolute Gasteiger partial charge is 0.269 e. The van der Waals surface area contributed by atoms with Crippen LogP contribution in [0.2, 0.25) is 0 Å². The topological polar surface area (TPSA) is 101 Å². The summed E-state index contributed by atoms with van der Waals surface area (Å²) in [6, 6.07) is 12.6. The maximum Gasteiger partial charge on any atom is 0.269 e.